The third kappa shape index (κ3) is 9.36. The molecule has 0 bridgehead atoms. The minimum Gasteiger partial charge on any atom is -0.305 e. The second-order valence-electron chi connectivity index (χ2n) is 9.09. The monoisotopic (exact) mass is 496 g/mol. The zero-order valence-electron chi connectivity index (χ0n) is 20.9. The molecule has 1 saturated heterocycles. The fourth-order valence-electron chi connectivity index (χ4n) is 3.36. The van der Waals surface area contributed by atoms with Gasteiger partial charge in [0, 0.05) is 24.5 Å². The van der Waals surface area contributed by atoms with Crippen LogP contribution in [-0.2, 0) is 22.6 Å². The molecule has 0 N–H and O–H groups in total. The molecule has 0 aromatic heterocycles. The Labute approximate surface area is 213 Å². The molecule has 1 aliphatic rings. The molecule has 186 valence electrons. The highest BCUT2D eigenvalue weighted by atomic mass is 35.5. The van der Waals surface area contributed by atoms with Crippen molar-refractivity contribution in [1.82, 2.24) is 9.80 Å². The molecule has 4 nitrogen and oxygen atoms in total. The van der Waals surface area contributed by atoms with Crippen molar-refractivity contribution in [2.24, 2.45) is 0 Å². The van der Waals surface area contributed by atoms with Crippen LogP contribution in [0.25, 0.3) is 11.1 Å². The van der Waals surface area contributed by atoms with Crippen molar-refractivity contribution in [3.8, 4) is 11.1 Å². The molecule has 1 fully saturated rings. The van der Waals surface area contributed by atoms with Crippen molar-refractivity contribution in [2.75, 3.05) is 27.7 Å². The van der Waals surface area contributed by atoms with Crippen LogP contribution in [0.15, 0.2) is 72.8 Å². The molecule has 6 heteroatoms. The third-order valence-electron chi connectivity index (χ3n) is 5.94. The number of halogens is 2. The normalized spacial score (nSPS) is 16.8. The van der Waals surface area contributed by atoms with Gasteiger partial charge in [0.15, 0.2) is 0 Å². The number of carbonyl (C=O) groups is 2. The van der Waals surface area contributed by atoms with Crippen molar-refractivity contribution in [1.29, 1.82) is 0 Å². The minimum atomic E-state index is -0.235. The second-order valence-corrected chi connectivity index (χ2v) is 9.52. The van der Waals surface area contributed by atoms with Crippen molar-refractivity contribution in [3.05, 3.63) is 94.8 Å². The summed E-state index contributed by atoms with van der Waals surface area (Å²) >= 11 is 5.73. The van der Waals surface area contributed by atoms with Gasteiger partial charge in [0.2, 0.25) is 0 Å². The Morgan fingerprint density at radius 2 is 1.43 bits per heavy atom. The van der Waals surface area contributed by atoms with E-state index in [1.807, 2.05) is 62.5 Å². The number of aldehydes is 2. The molecule has 1 aliphatic heterocycles. The summed E-state index contributed by atoms with van der Waals surface area (Å²) in [5.41, 5.74) is 4.15. The maximum Gasteiger partial charge on any atom is 0.140 e. The van der Waals surface area contributed by atoms with Gasteiger partial charge >= 0.3 is 0 Å². The van der Waals surface area contributed by atoms with E-state index in [0.29, 0.717) is 6.42 Å². The van der Waals surface area contributed by atoms with E-state index in [1.165, 1.54) is 17.7 Å². The van der Waals surface area contributed by atoms with E-state index >= 15 is 0 Å². The lowest BCUT2D eigenvalue weighted by Crippen LogP contribution is -2.56. The van der Waals surface area contributed by atoms with Crippen LogP contribution >= 0.6 is 11.6 Å². The van der Waals surface area contributed by atoms with E-state index in [1.54, 1.807) is 12.1 Å². The van der Waals surface area contributed by atoms with Gasteiger partial charge in [-0.3, -0.25) is 4.90 Å². The molecule has 3 aromatic carbocycles. The molecule has 1 unspecified atom stereocenters. The predicted octanol–water partition coefficient (Wildman–Crippen LogP) is 5.92. The number of nitrogens with zero attached hydrogens (tertiary/aromatic N) is 2. The third-order valence-corrected chi connectivity index (χ3v) is 6.19. The van der Waals surface area contributed by atoms with Gasteiger partial charge in [-0.2, -0.15) is 0 Å². The summed E-state index contributed by atoms with van der Waals surface area (Å²) in [5.74, 6) is -0.235. The predicted molar refractivity (Wildman–Crippen MR) is 142 cm³/mol. The lowest BCUT2D eigenvalue weighted by Gasteiger charge is -2.44. The van der Waals surface area contributed by atoms with Gasteiger partial charge in [-0.1, -0.05) is 60.1 Å². The summed E-state index contributed by atoms with van der Waals surface area (Å²) < 4.78 is 12.7. The second kappa shape index (κ2) is 13.9. The summed E-state index contributed by atoms with van der Waals surface area (Å²) in [6, 6.07) is 22.0. The first-order valence-electron chi connectivity index (χ1n) is 11.5. The van der Waals surface area contributed by atoms with Gasteiger partial charge in [-0.15, -0.1) is 0 Å². The van der Waals surface area contributed by atoms with E-state index in [2.05, 4.69) is 23.9 Å². The van der Waals surface area contributed by atoms with Crippen molar-refractivity contribution < 1.29 is 14.0 Å². The average molecular weight is 497 g/mol. The summed E-state index contributed by atoms with van der Waals surface area (Å²) in [5, 5.41) is 0.799. The van der Waals surface area contributed by atoms with E-state index in [0.717, 1.165) is 53.8 Å². The van der Waals surface area contributed by atoms with Gasteiger partial charge in [-0.05, 0) is 81.0 Å². The first-order valence-corrected chi connectivity index (χ1v) is 11.9. The summed E-state index contributed by atoms with van der Waals surface area (Å²) in [4.78, 5) is 24.8. The highest BCUT2D eigenvalue weighted by Crippen LogP contribution is 2.25. The number of likely N-dealkylation sites (N-methyl/N-ethyl adjacent to an activating group) is 1. The van der Waals surface area contributed by atoms with E-state index in [9.17, 15) is 14.0 Å². The molecule has 1 heterocycles. The fraction of sp³-hybridized carbons (Fsp3) is 0.310. The van der Waals surface area contributed by atoms with Crippen LogP contribution in [0.3, 0.4) is 0 Å². The lowest BCUT2D eigenvalue weighted by atomic mass is 9.89. The number of benzene rings is 3. The van der Waals surface area contributed by atoms with Crippen LogP contribution in [0.5, 0.6) is 0 Å². The topological polar surface area (TPSA) is 40.6 Å². The molecule has 0 aliphatic carbocycles. The van der Waals surface area contributed by atoms with E-state index < -0.39 is 0 Å². The van der Waals surface area contributed by atoms with Crippen molar-refractivity contribution in [2.45, 2.75) is 31.8 Å². The zero-order chi connectivity index (χ0) is 25.8. The Morgan fingerprint density at radius 3 is 1.80 bits per heavy atom. The maximum atomic E-state index is 12.7. The molecular formula is C29H34ClFN2O2. The first kappa shape index (κ1) is 28.4. The molecule has 3 aromatic rings. The SMILES string of the molecule is CN(C)Cc1ccc(Cl)cc1.CN1CCC1(C)C=O.O=CCc1ccc(-c2ccc(F)cc2)cc1. The number of hydrogen-bond donors (Lipinski definition) is 0. The lowest BCUT2D eigenvalue weighted by molar-refractivity contribution is -0.123. The molecule has 0 spiro atoms. The van der Waals surface area contributed by atoms with Gasteiger partial charge in [0.1, 0.15) is 18.4 Å². The van der Waals surface area contributed by atoms with Gasteiger partial charge < -0.3 is 14.5 Å². The Hall–Kier alpha value is -2.86. The van der Waals surface area contributed by atoms with Gasteiger partial charge in [-0.25, -0.2) is 4.39 Å². The minimum absolute atomic E-state index is 0.125. The number of carbonyl (C=O) groups excluding carboxylic acids is 2. The Balaban J connectivity index is 0.000000198. The molecule has 35 heavy (non-hydrogen) atoms. The van der Waals surface area contributed by atoms with Crippen LogP contribution in [0, 0.1) is 5.82 Å². The molecule has 0 amide bonds. The number of hydrogen-bond acceptors (Lipinski definition) is 4. The van der Waals surface area contributed by atoms with Crippen LogP contribution in [0.2, 0.25) is 5.02 Å². The number of rotatable bonds is 6. The standard InChI is InChI=1S/C14H11FO.C9H12ClN.C6H11NO/c15-14-7-5-13(6-8-14)12-3-1-11(2-4-12)9-10-16;1-11(2)7-8-3-5-9(10)6-4-8;1-6(5-8)3-4-7(6)2/h1-8,10H,9H2;3-6H,7H2,1-2H3;5H,3-4H2,1-2H3. The summed E-state index contributed by atoms with van der Waals surface area (Å²) in [7, 11) is 6.07. The molecule has 1 atom stereocenters. The fourth-order valence-corrected chi connectivity index (χ4v) is 3.49. The number of likely N-dealkylation sites (tertiary alicyclic amines) is 1. The van der Waals surface area contributed by atoms with Crippen LogP contribution in [0.4, 0.5) is 4.39 Å². The largest absolute Gasteiger partial charge is 0.305 e. The van der Waals surface area contributed by atoms with Crippen molar-refractivity contribution >= 4 is 24.2 Å². The Kier molecular flexibility index (Phi) is 11.3. The Bertz CT molecular complexity index is 1050. The van der Waals surface area contributed by atoms with E-state index in [4.69, 9.17) is 11.6 Å². The van der Waals surface area contributed by atoms with Gasteiger partial charge in [0.25, 0.3) is 0 Å². The highest BCUT2D eigenvalue weighted by molar-refractivity contribution is 6.30. The molecule has 0 saturated carbocycles. The smallest absolute Gasteiger partial charge is 0.140 e. The molecule has 4 rings (SSSR count). The van der Waals surface area contributed by atoms with Gasteiger partial charge in [0.05, 0.1) is 5.54 Å². The average Bonchev–Trinajstić information content (AvgIpc) is 2.86. The highest BCUT2D eigenvalue weighted by Gasteiger charge is 2.36. The van der Waals surface area contributed by atoms with Crippen LogP contribution in [-0.4, -0.2) is 55.6 Å². The van der Waals surface area contributed by atoms with Crippen molar-refractivity contribution in [3.63, 3.8) is 0 Å². The molecular weight excluding hydrogens is 463 g/mol. The molecule has 0 radical (unpaired) electrons. The summed E-state index contributed by atoms with van der Waals surface area (Å²) in [6.07, 6.45) is 3.36. The quantitative estimate of drug-likeness (QED) is 0.397. The Morgan fingerprint density at radius 1 is 0.914 bits per heavy atom. The summed E-state index contributed by atoms with van der Waals surface area (Å²) in [6.45, 7) is 4.00. The zero-order valence-corrected chi connectivity index (χ0v) is 21.6. The maximum absolute atomic E-state index is 12.7. The van der Waals surface area contributed by atoms with Crippen LogP contribution < -0.4 is 0 Å². The van der Waals surface area contributed by atoms with Crippen LogP contribution in [0.1, 0.15) is 24.5 Å². The first-order chi connectivity index (χ1) is 16.7. The van der Waals surface area contributed by atoms with E-state index in [-0.39, 0.29) is 11.4 Å².